The summed E-state index contributed by atoms with van der Waals surface area (Å²) in [7, 11) is 3.00. The van der Waals surface area contributed by atoms with Gasteiger partial charge in [-0.2, -0.15) is 4.73 Å². The second-order valence-electron chi connectivity index (χ2n) is 8.10. The Labute approximate surface area is 210 Å². The lowest BCUT2D eigenvalue weighted by molar-refractivity contribution is -0.605. The van der Waals surface area contributed by atoms with Gasteiger partial charge in [-0.1, -0.05) is 0 Å². The highest BCUT2D eigenvalue weighted by atomic mass is 19.1. The van der Waals surface area contributed by atoms with Gasteiger partial charge in [0.05, 0.1) is 19.9 Å². The molecule has 186 valence electrons. The topological polar surface area (TPSA) is 118 Å². The van der Waals surface area contributed by atoms with Crippen LogP contribution in [0.15, 0.2) is 67.1 Å². The normalized spacial score (nSPS) is 10.9. The van der Waals surface area contributed by atoms with Gasteiger partial charge in [0.2, 0.25) is 5.88 Å². The van der Waals surface area contributed by atoms with Crippen LogP contribution in [0.3, 0.4) is 0 Å². The van der Waals surface area contributed by atoms with Crippen molar-refractivity contribution in [3.05, 3.63) is 89.3 Å². The number of anilines is 1. The monoisotopic (exact) mass is 500 g/mol. The Hall–Kier alpha value is -5.06. The number of halogens is 1. The van der Waals surface area contributed by atoms with Crippen molar-refractivity contribution in [2.75, 3.05) is 19.5 Å². The third-order valence-corrected chi connectivity index (χ3v) is 5.70. The van der Waals surface area contributed by atoms with Crippen LogP contribution in [-0.2, 0) is 0 Å². The standard InChI is InChI=1S/C26H21FN6O4/c1-15-11-16(6-7-19(15)27)23-24(33-25(30-23)20(36-2)13-22(31-33)37-3)17-8-9-28-21(12-17)29-26(34)18-5-4-10-32(35)14-18/h4-14H,1-3H3,(H,28,29,34). The van der Waals surface area contributed by atoms with Crippen molar-refractivity contribution in [3.8, 4) is 34.1 Å². The fourth-order valence-electron chi connectivity index (χ4n) is 3.90. The lowest BCUT2D eigenvalue weighted by atomic mass is 10.0. The highest BCUT2D eigenvalue weighted by molar-refractivity contribution is 6.03. The minimum absolute atomic E-state index is 0.179. The Balaban J connectivity index is 1.68. The number of rotatable bonds is 6. The summed E-state index contributed by atoms with van der Waals surface area (Å²) in [6, 6.07) is 12.7. The molecule has 4 heterocycles. The van der Waals surface area contributed by atoms with E-state index in [4.69, 9.17) is 14.5 Å². The maximum Gasteiger partial charge on any atom is 0.262 e. The number of nitrogens with zero attached hydrogens (tertiary/aromatic N) is 5. The van der Waals surface area contributed by atoms with Gasteiger partial charge in [-0.3, -0.25) is 4.79 Å². The van der Waals surface area contributed by atoms with Gasteiger partial charge in [-0.25, -0.2) is 18.9 Å². The SMILES string of the molecule is COc1cc(OC)c2nc(-c3ccc(F)c(C)c3)c(-c3ccnc(NC(=O)c4ccc[n+]([O-])c4)c3)n2n1. The third-order valence-electron chi connectivity index (χ3n) is 5.70. The van der Waals surface area contributed by atoms with Gasteiger partial charge in [0.1, 0.15) is 22.9 Å². The fraction of sp³-hybridized carbons (Fsp3) is 0.115. The minimum Gasteiger partial charge on any atom is -0.619 e. The number of nitrogens with one attached hydrogen (secondary N) is 1. The Bertz CT molecular complexity index is 1650. The molecule has 1 N–H and O–H groups in total. The molecular weight excluding hydrogens is 479 g/mol. The molecule has 0 bridgehead atoms. The number of carbonyl (C=O) groups excluding carboxylic acids is 1. The van der Waals surface area contributed by atoms with Gasteiger partial charge in [-0.05, 0) is 48.9 Å². The molecule has 10 nitrogen and oxygen atoms in total. The second-order valence-corrected chi connectivity index (χ2v) is 8.10. The average Bonchev–Trinajstić information content (AvgIpc) is 3.29. The summed E-state index contributed by atoms with van der Waals surface area (Å²) in [6.07, 6.45) is 3.98. The number of benzene rings is 1. The van der Waals surface area contributed by atoms with Crippen LogP contribution in [0.25, 0.3) is 28.2 Å². The first-order chi connectivity index (χ1) is 17.9. The predicted octanol–water partition coefficient (Wildman–Crippen LogP) is 3.81. The molecular formula is C26H21FN6O4. The number of hydrogen-bond donors (Lipinski definition) is 1. The van der Waals surface area contributed by atoms with Crippen molar-refractivity contribution in [3.63, 3.8) is 0 Å². The second kappa shape index (κ2) is 9.53. The zero-order valence-electron chi connectivity index (χ0n) is 20.1. The van der Waals surface area contributed by atoms with Crippen LogP contribution in [0.2, 0.25) is 0 Å². The summed E-state index contributed by atoms with van der Waals surface area (Å²) < 4.78 is 27.1. The smallest absolute Gasteiger partial charge is 0.262 e. The van der Waals surface area contributed by atoms with Crippen LogP contribution in [-0.4, -0.2) is 39.7 Å². The molecule has 0 saturated carbocycles. The maximum atomic E-state index is 14.1. The number of carbonyl (C=O) groups is 1. The van der Waals surface area contributed by atoms with Gasteiger partial charge in [0, 0.05) is 29.5 Å². The van der Waals surface area contributed by atoms with Crippen LogP contribution < -0.4 is 19.5 Å². The molecule has 11 heteroatoms. The number of aryl methyl sites for hydroxylation is 1. The summed E-state index contributed by atoms with van der Waals surface area (Å²) >= 11 is 0. The van der Waals surface area contributed by atoms with Gasteiger partial charge in [-0.15, -0.1) is 5.10 Å². The molecule has 0 aliphatic heterocycles. The minimum atomic E-state index is -0.496. The molecule has 0 fully saturated rings. The first-order valence-electron chi connectivity index (χ1n) is 11.1. The largest absolute Gasteiger partial charge is 0.619 e. The summed E-state index contributed by atoms with van der Waals surface area (Å²) in [5.41, 5.74) is 3.39. The maximum absolute atomic E-state index is 14.1. The van der Waals surface area contributed by atoms with E-state index in [0.717, 1.165) is 0 Å². The van der Waals surface area contributed by atoms with Crippen molar-refractivity contribution in [1.29, 1.82) is 0 Å². The number of pyridine rings is 2. The first-order valence-corrected chi connectivity index (χ1v) is 11.1. The highest BCUT2D eigenvalue weighted by Crippen LogP contribution is 2.37. The number of aromatic nitrogens is 5. The first kappa shape index (κ1) is 23.7. The van der Waals surface area contributed by atoms with Crippen molar-refractivity contribution in [1.82, 2.24) is 19.6 Å². The van der Waals surface area contributed by atoms with E-state index in [2.05, 4.69) is 15.4 Å². The van der Waals surface area contributed by atoms with Crippen molar-refractivity contribution in [2.45, 2.75) is 6.92 Å². The van der Waals surface area contributed by atoms with Crippen molar-refractivity contribution < 1.29 is 23.4 Å². The molecule has 1 aromatic carbocycles. The van der Waals surface area contributed by atoms with Crippen LogP contribution in [0.1, 0.15) is 15.9 Å². The van der Waals surface area contributed by atoms with Crippen LogP contribution in [0.4, 0.5) is 10.2 Å². The van der Waals surface area contributed by atoms with E-state index in [9.17, 15) is 14.4 Å². The van der Waals surface area contributed by atoms with E-state index in [0.29, 0.717) is 50.1 Å². The molecule has 0 unspecified atom stereocenters. The molecule has 0 aliphatic carbocycles. The average molecular weight is 500 g/mol. The predicted molar refractivity (Wildman–Crippen MR) is 133 cm³/mol. The Morgan fingerprint density at radius 3 is 2.68 bits per heavy atom. The van der Waals surface area contributed by atoms with Crippen LogP contribution in [0.5, 0.6) is 11.6 Å². The summed E-state index contributed by atoms with van der Waals surface area (Å²) in [5.74, 6) is 0.137. The number of imidazole rings is 1. The van der Waals surface area contributed by atoms with Gasteiger partial charge < -0.3 is 20.0 Å². The summed E-state index contributed by atoms with van der Waals surface area (Å²) in [5, 5.41) is 18.8. The molecule has 0 radical (unpaired) electrons. The Morgan fingerprint density at radius 1 is 1.11 bits per heavy atom. The number of fused-ring (bicyclic) bond motifs is 1. The molecule has 4 aromatic heterocycles. The van der Waals surface area contributed by atoms with E-state index < -0.39 is 5.91 Å². The van der Waals surface area contributed by atoms with E-state index in [1.165, 1.54) is 51.0 Å². The summed E-state index contributed by atoms with van der Waals surface area (Å²) in [6.45, 7) is 1.67. The van der Waals surface area contributed by atoms with Crippen molar-refractivity contribution in [2.24, 2.45) is 0 Å². The quantitative estimate of drug-likeness (QED) is 0.278. The van der Waals surface area contributed by atoms with Crippen LogP contribution in [0, 0.1) is 17.9 Å². The molecule has 1 amide bonds. The lowest BCUT2D eigenvalue weighted by Gasteiger charge is -2.10. The zero-order valence-corrected chi connectivity index (χ0v) is 20.1. The molecule has 0 atom stereocenters. The highest BCUT2D eigenvalue weighted by Gasteiger charge is 2.22. The van der Waals surface area contributed by atoms with Gasteiger partial charge in [0.25, 0.3) is 5.91 Å². The Morgan fingerprint density at radius 2 is 1.95 bits per heavy atom. The number of methoxy groups -OCH3 is 2. The Kier molecular flexibility index (Phi) is 6.10. The molecule has 37 heavy (non-hydrogen) atoms. The van der Waals surface area contributed by atoms with E-state index in [1.807, 2.05) is 0 Å². The van der Waals surface area contributed by atoms with Gasteiger partial charge in [0.15, 0.2) is 23.8 Å². The van der Waals surface area contributed by atoms with Gasteiger partial charge >= 0.3 is 0 Å². The number of amides is 1. The fourth-order valence-corrected chi connectivity index (χ4v) is 3.90. The molecule has 0 aliphatic rings. The third kappa shape index (κ3) is 4.49. The number of ether oxygens (including phenoxy) is 2. The van der Waals surface area contributed by atoms with E-state index in [1.54, 1.807) is 41.8 Å². The molecule has 5 rings (SSSR count). The molecule has 0 saturated heterocycles. The number of hydrogen-bond acceptors (Lipinski definition) is 7. The lowest BCUT2D eigenvalue weighted by Crippen LogP contribution is -2.27. The molecule has 5 aromatic rings. The van der Waals surface area contributed by atoms with E-state index >= 15 is 0 Å². The van der Waals surface area contributed by atoms with E-state index in [-0.39, 0.29) is 17.2 Å². The zero-order chi connectivity index (χ0) is 26.1. The van der Waals surface area contributed by atoms with Crippen LogP contribution >= 0.6 is 0 Å². The summed E-state index contributed by atoms with van der Waals surface area (Å²) in [4.78, 5) is 21.7. The molecule has 0 spiro atoms. The van der Waals surface area contributed by atoms with Crippen molar-refractivity contribution >= 4 is 17.4 Å².